The molecule has 2 atom stereocenters. The molecule has 4 nitrogen and oxygen atoms in total. The van der Waals surface area contributed by atoms with Gasteiger partial charge in [0.1, 0.15) is 0 Å². The maximum absolute atomic E-state index is 9.49. The maximum atomic E-state index is 9.49. The number of hydrogen-bond acceptors (Lipinski definition) is 4. The summed E-state index contributed by atoms with van der Waals surface area (Å²) in [6, 6.07) is 10.1. The molecule has 1 aromatic carbocycles. The van der Waals surface area contributed by atoms with Crippen molar-refractivity contribution in [1.29, 1.82) is 0 Å². The molecule has 0 bridgehead atoms. The SMILES string of the molecule is OCc1cnc(N2CC3CC3C2)nc1/C=C/c1ccccc1. The Hall–Kier alpha value is -2.20. The zero-order valence-electron chi connectivity index (χ0n) is 12.4. The van der Waals surface area contributed by atoms with Crippen LogP contribution in [0.5, 0.6) is 0 Å². The number of aromatic nitrogens is 2. The molecular weight excluding hydrogens is 274 g/mol. The molecule has 4 rings (SSSR count). The molecule has 2 heterocycles. The molecule has 1 aliphatic heterocycles. The highest BCUT2D eigenvalue weighted by Gasteiger charge is 2.45. The maximum Gasteiger partial charge on any atom is 0.225 e. The van der Waals surface area contributed by atoms with Crippen molar-refractivity contribution in [2.45, 2.75) is 13.0 Å². The minimum absolute atomic E-state index is 0.0417. The van der Waals surface area contributed by atoms with Crippen LogP contribution in [0.4, 0.5) is 5.95 Å². The topological polar surface area (TPSA) is 49.3 Å². The second-order valence-electron chi connectivity index (χ2n) is 6.14. The largest absolute Gasteiger partial charge is 0.392 e. The van der Waals surface area contributed by atoms with Crippen LogP contribution < -0.4 is 4.90 Å². The standard InChI is InChI=1S/C18H19N3O/c22-12-16-9-19-18(21-10-14-8-15(14)11-21)20-17(16)7-6-13-4-2-1-3-5-13/h1-7,9,14-15,22H,8,10-12H2/b7-6+. The minimum atomic E-state index is -0.0417. The molecule has 0 radical (unpaired) electrons. The molecule has 2 aromatic rings. The van der Waals surface area contributed by atoms with E-state index in [2.05, 4.69) is 14.9 Å². The highest BCUT2D eigenvalue weighted by Crippen LogP contribution is 2.45. The molecule has 1 aromatic heterocycles. The first-order valence-corrected chi connectivity index (χ1v) is 7.78. The molecule has 1 saturated carbocycles. The van der Waals surface area contributed by atoms with Gasteiger partial charge in [-0.05, 0) is 29.9 Å². The van der Waals surface area contributed by atoms with Crippen molar-refractivity contribution in [3.8, 4) is 0 Å². The molecule has 4 heteroatoms. The van der Waals surface area contributed by atoms with Gasteiger partial charge in [-0.2, -0.15) is 0 Å². The van der Waals surface area contributed by atoms with Crippen molar-refractivity contribution in [2.75, 3.05) is 18.0 Å². The summed E-state index contributed by atoms with van der Waals surface area (Å²) in [7, 11) is 0. The third-order valence-electron chi connectivity index (χ3n) is 4.55. The van der Waals surface area contributed by atoms with Gasteiger partial charge >= 0.3 is 0 Å². The molecule has 2 fully saturated rings. The lowest BCUT2D eigenvalue weighted by Gasteiger charge is -2.18. The fourth-order valence-corrected chi connectivity index (χ4v) is 3.13. The first-order chi connectivity index (χ1) is 10.8. The van der Waals surface area contributed by atoms with Gasteiger partial charge in [-0.25, -0.2) is 9.97 Å². The Labute approximate surface area is 130 Å². The Balaban J connectivity index is 1.60. The normalized spacial score (nSPS) is 23.0. The Morgan fingerprint density at radius 2 is 1.91 bits per heavy atom. The lowest BCUT2D eigenvalue weighted by Crippen LogP contribution is -2.24. The number of anilines is 1. The molecule has 1 aliphatic carbocycles. The summed E-state index contributed by atoms with van der Waals surface area (Å²) in [5, 5.41) is 9.49. The summed E-state index contributed by atoms with van der Waals surface area (Å²) in [6.45, 7) is 2.11. The highest BCUT2D eigenvalue weighted by atomic mass is 16.3. The fraction of sp³-hybridized carbons (Fsp3) is 0.333. The average Bonchev–Trinajstić information content (AvgIpc) is 3.19. The van der Waals surface area contributed by atoms with Crippen LogP contribution in [0.25, 0.3) is 12.2 Å². The number of piperidine rings is 1. The zero-order chi connectivity index (χ0) is 14.9. The second-order valence-corrected chi connectivity index (χ2v) is 6.14. The van der Waals surface area contributed by atoms with E-state index >= 15 is 0 Å². The van der Waals surface area contributed by atoms with E-state index < -0.39 is 0 Å². The second kappa shape index (κ2) is 5.54. The van der Waals surface area contributed by atoms with Crippen LogP contribution in [-0.4, -0.2) is 28.2 Å². The number of aliphatic hydroxyl groups excluding tert-OH is 1. The van der Waals surface area contributed by atoms with Crippen molar-refractivity contribution in [3.05, 3.63) is 53.3 Å². The molecule has 2 unspecified atom stereocenters. The summed E-state index contributed by atoms with van der Waals surface area (Å²) < 4.78 is 0. The van der Waals surface area contributed by atoms with E-state index in [1.807, 2.05) is 42.5 Å². The molecule has 112 valence electrons. The van der Waals surface area contributed by atoms with Gasteiger partial charge in [0.15, 0.2) is 0 Å². The van der Waals surface area contributed by atoms with E-state index in [0.29, 0.717) is 0 Å². The first-order valence-electron chi connectivity index (χ1n) is 7.78. The Morgan fingerprint density at radius 1 is 1.14 bits per heavy atom. The molecule has 1 saturated heterocycles. The smallest absolute Gasteiger partial charge is 0.225 e. The predicted octanol–water partition coefficient (Wildman–Crippen LogP) is 2.60. The summed E-state index contributed by atoms with van der Waals surface area (Å²) in [5.41, 5.74) is 2.69. The van der Waals surface area contributed by atoms with Gasteiger partial charge in [0.05, 0.1) is 12.3 Å². The highest BCUT2D eigenvalue weighted by molar-refractivity contribution is 5.69. The summed E-state index contributed by atoms with van der Waals surface area (Å²) in [4.78, 5) is 11.4. The van der Waals surface area contributed by atoms with E-state index in [9.17, 15) is 5.11 Å². The summed E-state index contributed by atoms with van der Waals surface area (Å²) in [5.74, 6) is 2.49. The van der Waals surface area contributed by atoms with Gasteiger partial charge in [-0.15, -0.1) is 0 Å². The quantitative estimate of drug-likeness (QED) is 0.941. The van der Waals surface area contributed by atoms with E-state index in [0.717, 1.165) is 47.7 Å². The summed E-state index contributed by atoms with van der Waals surface area (Å²) in [6.07, 6.45) is 7.10. The Morgan fingerprint density at radius 3 is 2.64 bits per heavy atom. The number of nitrogens with zero attached hydrogens (tertiary/aromatic N) is 3. The van der Waals surface area contributed by atoms with Crippen LogP contribution in [0.3, 0.4) is 0 Å². The van der Waals surface area contributed by atoms with Crippen LogP contribution in [-0.2, 0) is 6.61 Å². The average molecular weight is 293 g/mol. The fourth-order valence-electron chi connectivity index (χ4n) is 3.13. The van der Waals surface area contributed by atoms with Crippen LogP contribution >= 0.6 is 0 Å². The number of hydrogen-bond donors (Lipinski definition) is 1. The molecule has 0 spiro atoms. The number of fused-ring (bicyclic) bond motifs is 1. The van der Waals surface area contributed by atoms with E-state index in [4.69, 9.17) is 0 Å². The van der Waals surface area contributed by atoms with Crippen LogP contribution in [0.1, 0.15) is 23.2 Å². The Kier molecular flexibility index (Phi) is 3.39. The van der Waals surface area contributed by atoms with Gasteiger partial charge in [0.2, 0.25) is 5.95 Å². The molecule has 2 aliphatic rings. The third kappa shape index (κ3) is 2.62. The van der Waals surface area contributed by atoms with Crippen LogP contribution in [0.15, 0.2) is 36.5 Å². The van der Waals surface area contributed by atoms with E-state index in [1.54, 1.807) is 6.20 Å². The lowest BCUT2D eigenvalue weighted by molar-refractivity contribution is 0.280. The predicted molar refractivity (Wildman–Crippen MR) is 87.1 cm³/mol. The molecule has 1 N–H and O–H groups in total. The van der Waals surface area contributed by atoms with E-state index in [-0.39, 0.29) is 6.61 Å². The van der Waals surface area contributed by atoms with Gasteiger partial charge in [0, 0.05) is 24.8 Å². The molecule has 22 heavy (non-hydrogen) atoms. The molecular formula is C18H19N3O. The van der Waals surface area contributed by atoms with Crippen molar-refractivity contribution >= 4 is 18.1 Å². The number of rotatable bonds is 4. The van der Waals surface area contributed by atoms with Gasteiger partial charge < -0.3 is 10.0 Å². The van der Waals surface area contributed by atoms with Crippen LogP contribution in [0.2, 0.25) is 0 Å². The molecule has 0 amide bonds. The van der Waals surface area contributed by atoms with Crippen LogP contribution in [0, 0.1) is 11.8 Å². The van der Waals surface area contributed by atoms with Crippen molar-refractivity contribution < 1.29 is 5.11 Å². The van der Waals surface area contributed by atoms with E-state index in [1.165, 1.54) is 6.42 Å². The van der Waals surface area contributed by atoms with Crippen molar-refractivity contribution in [3.63, 3.8) is 0 Å². The Bertz CT molecular complexity index is 689. The monoisotopic (exact) mass is 293 g/mol. The first kappa shape index (κ1) is 13.5. The third-order valence-corrected chi connectivity index (χ3v) is 4.55. The zero-order valence-corrected chi connectivity index (χ0v) is 12.4. The van der Waals surface area contributed by atoms with Crippen molar-refractivity contribution in [1.82, 2.24) is 9.97 Å². The number of benzene rings is 1. The van der Waals surface area contributed by atoms with Gasteiger partial charge in [-0.1, -0.05) is 36.4 Å². The minimum Gasteiger partial charge on any atom is -0.392 e. The van der Waals surface area contributed by atoms with Gasteiger partial charge in [-0.3, -0.25) is 0 Å². The van der Waals surface area contributed by atoms with Crippen molar-refractivity contribution in [2.24, 2.45) is 11.8 Å². The van der Waals surface area contributed by atoms with Gasteiger partial charge in [0.25, 0.3) is 0 Å². The number of aliphatic hydroxyl groups is 1. The summed E-state index contributed by atoms with van der Waals surface area (Å²) >= 11 is 0. The lowest BCUT2D eigenvalue weighted by atomic mass is 10.1.